The number of aliphatic hydroxyl groups is 1. The van der Waals surface area contributed by atoms with Crippen LogP contribution in [0, 0.1) is 0 Å². The third-order valence-corrected chi connectivity index (χ3v) is 5.51. The number of hydrogen-bond acceptors (Lipinski definition) is 6. The second-order valence-corrected chi connectivity index (χ2v) is 7.58. The third-order valence-electron chi connectivity index (χ3n) is 3.66. The van der Waals surface area contributed by atoms with E-state index in [1.165, 1.54) is 6.26 Å². The Morgan fingerprint density at radius 1 is 1.45 bits per heavy atom. The van der Waals surface area contributed by atoms with E-state index in [0.717, 1.165) is 29.2 Å². The number of hydrogen-bond donors (Lipinski definition) is 2. The summed E-state index contributed by atoms with van der Waals surface area (Å²) in [7, 11) is 0. The maximum absolute atomic E-state index is 12.0. The Morgan fingerprint density at radius 2 is 2.27 bits per heavy atom. The lowest BCUT2D eigenvalue weighted by molar-refractivity contribution is -0.121. The standard InChI is InChI=1S/C15H18N2O3S2/c18-13(16-10-15(19)3-6-21-7-4-15)8-11-9-20-14(17-11)12-2-1-5-22-12/h1-2,5,9,19H,3-4,6-8,10H2,(H,16,18). The molecule has 1 fully saturated rings. The molecule has 0 bridgehead atoms. The Kier molecular flexibility index (Phi) is 4.85. The molecule has 1 saturated heterocycles. The lowest BCUT2D eigenvalue weighted by Gasteiger charge is -2.31. The highest BCUT2D eigenvalue weighted by Crippen LogP contribution is 2.26. The molecule has 0 aromatic carbocycles. The van der Waals surface area contributed by atoms with E-state index in [2.05, 4.69) is 10.3 Å². The van der Waals surface area contributed by atoms with Crippen LogP contribution in [0.4, 0.5) is 0 Å². The van der Waals surface area contributed by atoms with E-state index in [1.807, 2.05) is 29.3 Å². The topological polar surface area (TPSA) is 75.4 Å². The first-order valence-corrected chi connectivity index (χ1v) is 9.23. The van der Waals surface area contributed by atoms with Gasteiger partial charge >= 0.3 is 0 Å². The number of thiophene rings is 1. The summed E-state index contributed by atoms with van der Waals surface area (Å²) in [6.07, 6.45) is 3.13. The first-order valence-electron chi connectivity index (χ1n) is 7.20. The fourth-order valence-electron chi connectivity index (χ4n) is 2.32. The highest BCUT2D eigenvalue weighted by molar-refractivity contribution is 7.99. The van der Waals surface area contributed by atoms with Gasteiger partial charge in [-0.2, -0.15) is 11.8 Å². The van der Waals surface area contributed by atoms with Gasteiger partial charge < -0.3 is 14.8 Å². The molecule has 7 heteroatoms. The fraction of sp³-hybridized carbons (Fsp3) is 0.467. The average molecular weight is 338 g/mol. The number of carbonyl (C=O) groups is 1. The van der Waals surface area contributed by atoms with Crippen molar-refractivity contribution < 1.29 is 14.3 Å². The summed E-state index contributed by atoms with van der Waals surface area (Å²) in [6.45, 7) is 0.308. The molecule has 1 aliphatic rings. The van der Waals surface area contributed by atoms with Crippen LogP contribution in [0.15, 0.2) is 28.2 Å². The van der Waals surface area contributed by atoms with Crippen molar-refractivity contribution >= 4 is 29.0 Å². The van der Waals surface area contributed by atoms with Crippen molar-refractivity contribution in [3.8, 4) is 10.8 Å². The number of nitrogens with zero attached hydrogens (tertiary/aromatic N) is 1. The van der Waals surface area contributed by atoms with Crippen molar-refractivity contribution in [3.05, 3.63) is 29.5 Å². The van der Waals surface area contributed by atoms with Crippen LogP contribution in [0.25, 0.3) is 10.8 Å². The van der Waals surface area contributed by atoms with Crippen LogP contribution in [0.2, 0.25) is 0 Å². The molecule has 5 nitrogen and oxygen atoms in total. The Morgan fingerprint density at radius 3 is 3.00 bits per heavy atom. The van der Waals surface area contributed by atoms with Crippen LogP contribution >= 0.6 is 23.1 Å². The Bertz CT molecular complexity index is 619. The predicted molar refractivity (Wildman–Crippen MR) is 88.0 cm³/mol. The molecule has 3 rings (SSSR count). The summed E-state index contributed by atoms with van der Waals surface area (Å²) in [5.74, 6) is 2.29. The summed E-state index contributed by atoms with van der Waals surface area (Å²) in [5, 5.41) is 15.1. The summed E-state index contributed by atoms with van der Waals surface area (Å²) < 4.78 is 5.39. The van der Waals surface area contributed by atoms with Gasteiger partial charge in [0, 0.05) is 6.54 Å². The zero-order chi connectivity index (χ0) is 15.4. The van der Waals surface area contributed by atoms with E-state index >= 15 is 0 Å². The van der Waals surface area contributed by atoms with Gasteiger partial charge in [-0.1, -0.05) is 6.07 Å². The predicted octanol–water partition coefficient (Wildman–Crippen LogP) is 2.32. The number of aromatic nitrogens is 1. The van der Waals surface area contributed by atoms with Crippen LogP contribution in [-0.4, -0.2) is 39.6 Å². The van der Waals surface area contributed by atoms with Crippen LogP contribution in [0.1, 0.15) is 18.5 Å². The zero-order valence-electron chi connectivity index (χ0n) is 12.1. The van der Waals surface area contributed by atoms with Gasteiger partial charge in [-0.25, -0.2) is 4.98 Å². The molecule has 1 amide bonds. The lowest BCUT2D eigenvalue weighted by atomic mass is 9.97. The average Bonchev–Trinajstić information content (AvgIpc) is 3.17. The van der Waals surface area contributed by atoms with Gasteiger partial charge in [0.05, 0.1) is 22.6 Å². The summed E-state index contributed by atoms with van der Waals surface area (Å²) in [6, 6.07) is 3.86. The third kappa shape index (κ3) is 3.91. The molecule has 0 aliphatic carbocycles. The number of carbonyl (C=O) groups excluding carboxylic acids is 1. The normalized spacial score (nSPS) is 17.3. The second-order valence-electron chi connectivity index (χ2n) is 5.41. The maximum atomic E-state index is 12.0. The fourth-order valence-corrected chi connectivity index (χ4v) is 4.23. The SMILES string of the molecule is O=C(Cc1coc(-c2cccs2)n1)NCC1(O)CCSCC1. The molecule has 118 valence electrons. The Hall–Kier alpha value is -1.31. The Labute approximate surface area is 137 Å². The Balaban J connectivity index is 1.51. The van der Waals surface area contributed by atoms with Crippen LogP contribution in [0.3, 0.4) is 0 Å². The van der Waals surface area contributed by atoms with Gasteiger partial charge in [0.1, 0.15) is 6.26 Å². The van der Waals surface area contributed by atoms with Crippen LogP contribution in [-0.2, 0) is 11.2 Å². The first-order chi connectivity index (χ1) is 10.6. The van der Waals surface area contributed by atoms with Crippen molar-refractivity contribution in [3.63, 3.8) is 0 Å². The lowest BCUT2D eigenvalue weighted by Crippen LogP contribution is -2.45. The van der Waals surface area contributed by atoms with Crippen LogP contribution in [0.5, 0.6) is 0 Å². The van der Waals surface area contributed by atoms with E-state index in [9.17, 15) is 9.90 Å². The van der Waals surface area contributed by atoms with Crippen molar-refractivity contribution in [1.29, 1.82) is 0 Å². The van der Waals surface area contributed by atoms with E-state index in [1.54, 1.807) is 11.3 Å². The largest absolute Gasteiger partial charge is 0.444 e. The second kappa shape index (κ2) is 6.85. The molecular formula is C15H18N2O3S2. The first kappa shape index (κ1) is 15.6. The van der Waals surface area contributed by atoms with Gasteiger partial charge in [-0.15, -0.1) is 11.3 Å². The zero-order valence-corrected chi connectivity index (χ0v) is 13.7. The minimum absolute atomic E-state index is 0.141. The summed E-state index contributed by atoms with van der Waals surface area (Å²) in [4.78, 5) is 17.3. The monoisotopic (exact) mass is 338 g/mol. The summed E-state index contributed by atoms with van der Waals surface area (Å²) >= 11 is 3.39. The smallest absolute Gasteiger partial charge is 0.236 e. The van der Waals surface area contributed by atoms with Crippen molar-refractivity contribution in [2.75, 3.05) is 18.1 Å². The molecular weight excluding hydrogens is 320 g/mol. The van der Waals surface area contributed by atoms with E-state index in [-0.39, 0.29) is 12.3 Å². The van der Waals surface area contributed by atoms with Crippen molar-refractivity contribution in [1.82, 2.24) is 10.3 Å². The van der Waals surface area contributed by atoms with Crippen LogP contribution < -0.4 is 5.32 Å². The van der Waals surface area contributed by atoms with Crippen molar-refractivity contribution in [2.24, 2.45) is 0 Å². The minimum atomic E-state index is -0.757. The summed E-state index contributed by atoms with van der Waals surface area (Å²) in [5.41, 5.74) is -0.153. The molecule has 0 spiro atoms. The van der Waals surface area contributed by atoms with E-state index < -0.39 is 5.60 Å². The number of nitrogens with one attached hydrogen (secondary N) is 1. The maximum Gasteiger partial charge on any atom is 0.236 e. The quantitative estimate of drug-likeness (QED) is 0.875. The molecule has 0 unspecified atom stereocenters. The van der Waals surface area contributed by atoms with Gasteiger partial charge in [0.2, 0.25) is 11.8 Å². The number of rotatable bonds is 5. The molecule has 3 heterocycles. The van der Waals surface area contributed by atoms with Gasteiger partial charge in [-0.05, 0) is 35.8 Å². The van der Waals surface area contributed by atoms with Gasteiger partial charge in [0.15, 0.2) is 0 Å². The highest BCUT2D eigenvalue weighted by atomic mass is 32.2. The molecule has 22 heavy (non-hydrogen) atoms. The molecule has 0 radical (unpaired) electrons. The number of amides is 1. The molecule has 1 aliphatic heterocycles. The molecule has 0 saturated carbocycles. The van der Waals surface area contributed by atoms with E-state index in [0.29, 0.717) is 18.1 Å². The van der Waals surface area contributed by atoms with Gasteiger partial charge in [-0.3, -0.25) is 4.79 Å². The minimum Gasteiger partial charge on any atom is -0.444 e. The molecule has 0 atom stereocenters. The molecule has 2 aromatic rings. The number of oxazole rings is 1. The molecule has 2 N–H and O–H groups in total. The van der Waals surface area contributed by atoms with E-state index in [4.69, 9.17) is 4.42 Å². The highest BCUT2D eigenvalue weighted by Gasteiger charge is 2.29. The van der Waals surface area contributed by atoms with Gasteiger partial charge in [0.25, 0.3) is 0 Å². The molecule has 2 aromatic heterocycles. The van der Waals surface area contributed by atoms with Crippen molar-refractivity contribution in [2.45, 2.75) is 24.9 Å². The number of thioether (sulfide) groups is 1.